The Morgan fingerprint density at radius 3 is 2.78 bits per heavy atom. The minimum atomic E-state index is 0. The van der Waals surface area contributed by atoms with Gasteiger partial charge in [0, 0.05) is 45.6 Å². The van der Waals surface area contributed by atoms with Crippen LogP contribution < -0.4 is 15.4 Å². The quantitative estimate of drug-likeness (QED) is 0.230. The highest BCUT2D eigenvalue weighted by Crippen LogP contribution is 2.16. The number of halogens is 1. The highest BCUT2D eigenvalue weighted by atomic mass is 127. The third-order valence-corrected chi connectivity index (χ3v) is 4.34. The summed E-state index contributed by atoms with van der Waals surface area (Å²) in [6, 6.07) is 8.05. The van der Waals surface area contributed by atoms with Crippen LogP contribution in [-0.2, 0) is 4.79 Å². The van der Waals surface area contributed by atoms with Gasteiger partial charge in [0.1, 0.15) is 5.75 Å². The molecule has 0 unspecified atom stereocenters. The number of benzene rings is 1. The number of hydrogen-bond donors (Lipinski definition) is 2. The van der Waals surface area contributed by atoms with E-state index in [-0.39, 0.29) is 24.0 Å². The summed E-state index contributed by atoms with van der Waals surface area (Å²) in [6.45, 7) is 8.86. The van der Waals surface area contributed by atoms with Crippen molar-refractivity contribution in [3.05, 3.63) is 29.8 Å². The van der Waals surface area contributed by atoms with Gasteiger partial charge in [-0.3, -0.25) is 9.79 Å². The summed E-state index contributed by atoms with van der Waals surface area (Å²) in [4.78, 5) is 18.1. The molecule has 152 valence electrons. The number of carbonyl (C=O) groups excluding carboxylic acids is 1. The fourth-order valence-electron chi connectivity index (χ4n) is 2.91. The molecule has 2 N–H and O–H groups in total. The molecule has 0 bridgehead atoms. The number of para-hydroxylation sites is 1. The first-order chi connectivity index (χ1) is 12.7. The number of carbonyl (C=O) groups is 1. The highest BCUT2D eigenvalue weighted by Gasteiger charge is 2.18. The van der Waals surface area contributed by atoms with Gasteiger partial charge in [0.05, 0.1) is 6.61 Å². The van der Waals surface area contributed by atoms with Gasteiger partial charge in [0.25, 0.3) is 0 Å². The van der Waals surface area contributed by atoms with Crippen LogP contribution in [0.1, 0.15) is 38.2 Å². The second-order valence-electron chi connectivity index (χ2n) is 6.49. The number of aryl methyl sites for hydroxylation is 1. The van der Waals surface area contributed by atoms with Crippen molar-refractivity contribution < 1.29 is 9.53 Å². The largest absolute Gasteiger partial charge is 0.493 e. The van der Waals surface area contributed by atoms with E-state index in [1.54, 1.807) is 0 Å². The molecule has 1 heterocycles. The first-order valence-electron chi connectivity index (χ1n) is 9.69. The van der Waals surface area contributed by atoms with Crippen LogP contribution in [0.2, 0.25) is 0 Å². The lowest BCUT2D eigenvalue weighted by Crippen LogP contribution is -2.39. The molecule has 0 aromatic heterocycles. The molecule has 6 nitrogen and oxygen atoms in total. The lowest BCUT2D eigenvalue weighted by molar-refractivity contribution is -0.127. The Morgan fingerprint density at radius 1 is 1.26 bits per heavy atom. The number of guanidine groups is 1. The molecule has 1 saturated heterocycles. The van der Waals surface area contributed by atoms with E-state index in [2.05, 4.69) is 35.5 Å². The molecule has 1 aliphatic heterocycles. The zero-order chi connectivity index (χ0) is 18.6. The Bertz CT molecular complexity index is 595. The Balaban J connectivity index is 0.00000364. The van der Waals surface area contributed by atoms with Crippen LogP contribution in [0, 0.1) is 6.92 Å². The van der Waals surface area contributed by atoms with Crippen LogP contribution in [0.4, 0.5) is 0 Å². The van der Waals surface area contributed by atoms with Crippen LogP contribution in [-0.4, -0.2) is 56.1 Å². The smallest absolute Gasteiger partial charge is 0.222 e. The number of ether oxygens (including phenoxy) is 1. The molecule has 1 aromatic carbocycles. The first kappa shape index (κ1) is 23.5. The van der Waals surface area contributed by atoms with Crippen molar-refractivity contribution in [1.29, 1.82) is 0 Å². The Kier molecular flexibility index (Phi) is 11.9. The standard InChI is InChI=1S/C20H32N4O2.HI/c1-3-21-20(22-12-7-15-24-14-6-11-19(24)25)23-13-8-16-26-18-10-5-4-9-17(18)2;/h4-5,9-10H,3,6-8,11-16H2,1-2H3,(H2,21,22,23);1H. The number of amides is 1. The first-order valence-corrected chi connectivity index (χ1v) is 9.69. The van der Waals surface area contributed by atoms with Gasteiger partial charge in [0.15, 0.2) is 5.96 Å². The molecule has 1 amide bonds. The summed E-state index contributed by atoms with van der Waals surface area (Å²) in [7, 11) is 0. The van der Waals surface area contributed by atoms with Gasteiger partial charge in [-0.2, -0.15) is 0 Å². The second kappa shape index (κ2) is 13.6. The maximum absolute atomic E-state index is 11.6. The molecule has 2 rings (SSSR count). The summed E-state index contributed by atoms with van der Waals surface area (Å²) in [6.07, 6.45) is 3.52. The van der Waals surface area contributed by atoms with Crippen molar-refractivity contribution in [2.45, 2.75) is 39.5 Å². The number of nitrogens with one attached hydrogen (secondary N) is 2. The third kappa shape index (κ3) is 8.81. The van der Waals surface area contributed by atoms with Gasteiger partial charge in [-0.25, -0.2) is 0 Å². The van der Waals surface area contributed by atoms with Crippen molar-refractivity contribution in [3.63, 3.8) is 0 Å². The maximum atomic E-state index is 11.6. The lowest BCUT2D eigenvalue weighted by Gasteiger charge is -2.16. The topological polar surface area (TPSA) is 66.0 Å². The molecular weight excluding hydrogens is 455 g/mol. The van der Waals surface area contributed by atoms with Crippen molar-refractivity contribution in [2.24, 2.45) is 4.99 Å². The summed E-state index contributed by atoms with van der Waals surface area (Å²) in [5, 5.41) is 6.59. The Morgan fingerprint density at radius 2 is 2.07 bits per heavy atom. The van der Waals surface area contributed by atoms with Crippen LogP contribution in [0.3, 0.4) is 0 Å². The van der Waals surface area contributed by atoms with E-state index >= 15 is 0 Å². The minimum absolute atomic E-state index is 0. The monoisotopic (exact) mass is 488 g/mol. The van der Waals surface area contributed by atoms with Gasteiger partial charge in [-0.15, -0.1) is 24.0 Å². The molecule has 1 aromatic rings. The van der Waals surface area contributed by atoms with Gasteiger partial charge in [-0.1, -0.05) is 18.2 Å². The number of hydrogen-bond acceptors (Lipinski definition) is 3. The van der Waals surface area contributed by atoms with E-state index in [1.165, 1.54) is 0 Å². The van der Waals surface area contributed by atoms with E-state index in [9.17, 15) is 4.79 Å². The third-order valence-electron chi connectivity index (χ3n) is 4.34. The minimum Gasteiger partial charge on any atom is -0.493 e. The zero-order valence-electron chi connectivity index (χ0n) is 16.5. The summed E-state index contributed by atoms with van der Waals surface area (Å²) in [5.41, 5.74) is 1.16. The van der Waals surface area contributed by atoms with Gasteiger partial charge >= 0.3 is 0 Å². The van der Waals surface area contributed by atoms with Crippen LogP contribution in [0.15, 0.2) is 29.3 Å². The van der Waals surface area contributed by atoms with Crippen LogP contribution in [0.25, 0.3) is 0 Å². The Labute approximate surface area is 180 Å². The van der Waals surface area contributed by atoms with E-state index in [0.29, 0.717) is 25.5 Å². The molecule has 0 saturated carbocycles. The maximum Gasteiger partial charge on any atom is 0.222 e. The van der Waals surface area contributed by atoms with E-state index in [0.717, 1.165) is 62.7 Å². The summed E-state index contributed by atoms with van der Waals surface area (Å²) in [5.74, 6) is 2.06. The highest BCUT2D eigenvalue weighted by molar-refractivity contribution is 14.0. The predicted octanol–water partition coefficient (Wildman–Crippen LogP) is 2.95. The van der Waals surface area contributed by atoms with Gasteiger partial charge < -0.3 is 20.3 Å². The second-order valence-corrected chi connectivity index (χ2v) is 6.49. The molecule has 0 atom stereocenters. The van der Waals surface area contributed by atoms with E-state index < -0.39 is 0 Å². The van der Waals surface area contributed by atoms with Crippen molar-refractivity contribution in [3.8, 4) is 5.75 Å². The fraction of sp³-hybridized carbons (Fsp3) is 0.600. The molecule has 1 fully saturated rings. The fourth-order valence-corrected chi connectivity index (χ4v) is 2.91. The average molecular weight is 488 g/mol. The lowest BCUT2D eigenvalue weighted by atomic mass is 10.2. The molecule has 1 aliphatic rings. The normalized spacial score (nSPS) is 14.1. The Hall–Kier alpha value is -1.51. The molecule has 0 radical (unpaired) electrons. The molecule has 0 aliphatic carbocycles. The van der Waals surface area contributed by atoms with E-state index in [1.807, 2.05) is 23.1 Å². The van der Waals surface area contributed by atoms with Crippen LogP contribution >= 0.6 is 24.0 Å². The van der Waals surface area contributed by atoms with Crippen molar-refractivity contribution >= 4 is 35.8 Å². The SMILES string of the molecule is CCNC(=NCCCOc1ccccc1C)NCCCN1CCCC1=O.I. The predicted molar refractivity (Wildman–Crippen MR) is 121 cm³/mol. The molecular formula is C20H33IN4O2. The summed E-state index contributed by atoms with van der Waals surface area (Å²) < 4.78 is 5.80. The molecule has 0 spiro atoms. The zero-order valence-corrected chi connectivity index (χ0v) is 18.8. The number of aliphatic imine (C=N–C) groups is 1. The number of likely N-dealkylation sites (tertiary alicyclic amines) is 1. The van der Waals surface area contributed by atoms with Crippen LogP contribution in [0.5, 0.6) is 5.75 Å². The average Bonchev–Trinajstić information content (AvgIpc) is 3.04. The van der Waals surface area contributed by atoms with E-state index in [4.69, 9.17) is 4.74 Å². The van der Waals surface area contributed by atoms with Gasteiger partial charge in [-0.05, 0) is 38.3 Å². The summed E-state index contributed by atoms with van der Waals surface area (Å²) >= 11 is 0. The van der Waals surface area contributed by atoms with Crippen molar-refractivity contribution in [2.75, 3.05) is 39.3 Å². The number of rotatable bonds is 10. The molecule has 7 heteroatoms. The number of nitrogens with zero attached hydrogens (tertiary/aromatic N) is 2. The van der Waals surface area contributed by atoms with Crippen molar-refractivity contribution in [1.82, 2.24) is 15.5 Å². The van der Waals surface area contributed by atoms with Gasteiger partial charge in [0.2, 0.25) is 5.91 Å². The molecule has 27 heavy (non-hydrogen) atoms.